The van der Waals surface area contributed by atoms with E-state index in [1.165, 1.54) is 37.7 Å². The number of halogens is 1. The summed E-state index contributed by atoms with van der Waals surface area (Å²) >= 11 is 2.19. The average molecular weight is 693 g/mol. The van der Waals surface area contributed by atoms with Crippen molar-refractivity contribution in [1.29, 1.82) is 0 Å². The maximum Gasteiger partial charge on any atom is 0.229 e. The van der Waals surface area contributed by atoms with E-state index in [2.05, 4.69) is 22.6 Å². The molecule has 0 aromatic heterocycles. The van der Waals surface area contributed by atoms with Gasteiger partial charge in [0.05, 0.1) is 17.3 Å². The first-order valence-electron chi connectivity index (χ1n) is 14.6. The lowest BCUT2D eigenvalue weighted by Crippen LogP contribution is -2.60. The highest BCUT2D eigenvalue weighted by atomic mass is 127. The Morgan fingerprint density at radius 1 is 0.976 bits per heavy atom. The zero-order valence-electron chi connectivity index (χ0n) is 23.4. The molecule has 0 amide bonds. The lowest BCUT2D eigenvalue weighted by Gasteiger charge is -2.51. The van der Waals surface area contributed by atoms with Gasteiger partial charge in [-0.15, -0.1) is 0 Å². The molecule has 1 heterocycles. The van der Waals surface area contributed by atoms with Crippen LogP contribution in [0.1, 0.15) is 53.6 Å². The number of carbonyl (C=O) groups is 1. The molecule has 5 fully saturated rings. The third-order valence-electron chi connectivity index (χ3n) is 9.38. The number of hydrogen-bond donors (Lipinski definition) is 4. The third-order valence-corrected chi connectivity index (χ3v) is 10.2. The van der Waals surface area contributed by atoms with Crippen LogP contribution in [-0.2, 0) is 16.1 Å². The van der Waals surface area contributed by atoms with E-state index >= 15 is 0 Å². The van der Waals surface area contributed by atoms with Crippen LogP contribution in [0.15, 0.2) is 42.0 Å². The fourth-order valence-corrected chi connectivity index (χ4v) is 8.19. The predicted octanol–water partition coefficient (Wildman–Crippen LogP) is 3.68. The highest BCUT2D eigenvalue weighted by molar-refractivity contribution is 14.1. The number of allylic oxidation sites excluding steroid dienone is 1. The van der Waals surface area contributed by atoms with Crippen LogP contribution in [0.25, 0.3) is 5.76 Å². The second kappa shape index (κ2) is 12.4. The SMILES string of the molecule is COC(=C1C2CC3CC(C2)CC1C3)c1cc(OCc2ccc(O[C@@H]3OC(CO)[C@H](O)[C@H](O)C3O)cc2)c(I)cc1C=O. The van der Waals surface area contributed by atoms with Crippen molar-refractivity contribution < 1.29 is 44.2 Å². The van der Waals surface area contributed by atoms with Crippen LogP contribution in [0, 0.1) is 27.2 Å². The summed E-state index contributed by atoms with van der Waals surface area (Å²) in [6.07, 6.45) is 0.392. The standard InChI is InChI=1S/C32H37IO9/c1-39-31(27-19-7-17-6-18(9-19)10-20(27)8-17)23-12-25(24(33)11-21(23)13-34)40-15-16-2-4-22(5-3-16)41-32-30(38)29(37)28(36)26(14-35)42-32/h2-5,11-13,17-20,26,28-30,32,35-38H,6-10,14-15H2,1H3/t17?,18?,19?,20?,26?,28-,29-,30?,32+/m0/s1. The summed E-state index contributed by atoms with van der Waals surface area (Å²) in [4.78, 5) is 12.1. The maximum absolute atomic E-state index is 12.1. The molecular formula is C32H37IO9. The van der Waals surface area contributed by atoms with Crippen LogP contribution in [-0.4, -0.2) is 71.1 Å². The van der Waals surface area contributed by atoms with Crippen LogP contribution in [0.2, 0.25) is 0 Å². The number of benzene rings is 2. The summed E-state index contributed by atoms with van der Waals surface area (Å²) in [5, 5.41) is 39.6. The maximum atomic E-state index is 12.1. The minimum Gasteiger partial charge on any atom is -0.496 e. The first kappa shape index (κ1) is 29.8. The molecule has 1 aliphatic heterocycles. The van der Waals surface area contributed by atoms with Gasteiger partial charge in [-0.05, 0) is 114 Å². The molecule has 2 aromatic carbocycles. The van der Waals surface area contributed by atoms with Gasteiger partial charge in [-0.3, -0.25) is 4.79 Å². The number of ether oxygens (including phenoxy) is 4. The van der Waals surface area contributed by atoms with Crippen molar-refractivity contribution >= 4 is 34.6 Å². The van der Waals surface area contributed by atoms with E-state index in [4.69, 9.17) is 18.9 Å². The molecule has 4 N–H and O–H groups in total. The highest BCUT2D eigenvalue weighted by Gasteiger charge is 2.47. The lowest BCUT2D eigenvalue weighted by atomic mass is 9.54. The summed E-state index contributed by atoms with van der Waals surface area (Å²) in [5.41, 5.74) is 3.63. The number of aliphatic hydroxyl groups is 4. The van der Waals surface area contributed by atoms with Crippen LogP contribution in [0.4, 0.5) is 0 Å². The third kappa shape index (κ3) is 5.69. The molecule has 4 aliphatic carbocycles. The number of hydrogen-bond acceptors (Lipinski definition) is 9. The van der Waals surface area contributed by atoms with Crippen molar-refractivity contribution in [3.63, 3.8) is 0 Å². The molecule has 4 saturated carbocycles. The summed E-state index contributed by atoms with van der Waals surface area (Å²) in [6, 6.07) is 10.8. The average Bonchev–Trinajstić information content (AvgIpc) is 2.99. The van der Waals surface area contributed by atoms with Crippen LogP contribution >= 0.6 is 22.6 Å². The van der Waals surface area contributed by atoms with Crippen molar-refractivity contribution in [1.82, 2.24) is 0 Å². The molecule has 7 rings (SSSR count). The van der Waals surface area contributed by atoms with Crippen LogP contribution < -0.4 is 9.47 Å². The predicted molar refractivity (Wildman–Crippen MR) is 161 cm³/mol. The van der Waals surface area contributed by atoms with E-state index < -0.39 is 37.3 Å². The normalized spacial score (nSPS) is 33.4. The van der Waals surface area contributed by atoms with Gasteiger partial charge in [-0.2, -0.15) is 0 Å². The molecule has 1 saturated heterocycles. The second-order valence-corrected chi connectivity index (χ2v) is 13.2. The summed E-state index contributed by atoms with van der Waals surface area (Å²) in [7, 11) is 1.70. The summed E-state index contributed by atoms with van der Waals surface area (Å²) < 4.78 is 24.2. The zero-order valence-corrected chi connectivity index (χ0v) is 25.6. The fourth-order valence-electron chi connectivity index (χ4n) is 7.54. The first-order valence-corrected chi connectivity index (χ1v) is 15.6. The Hall–Kier alpha value is -2.22. The quantitative estimate of drug-likeness (QED) is 0.177. The van der Waals surface area contributed by atoms with E-state index in [-0.39, 0.29) is 6.61 Å². The van der Waals surface area contributed by atoms with Gasteiger partial charge in [0, 0.05) is 11.1 Å². The molecule has 5 aliphatic rings. The molecule has 0 spiro atoms. The molecule has 5 atom stereocenters. The largest absolute Gasteiger partial charge is 0.496 e. The van der Waals surface area contributed by atoms with E-state index in [0.717, 1.165) is 38.6 Å². The smallest absolute Gasteiger partial charge is 0.229 e. The Bertz CT molecular complexity index is 1290. The van der Waals surface area contributed by atoms with E-state index in [1.54, 1.807) is 19.2 Å². The van der Waals surface area contributed by atoms with Gasteiger partial charge >= 0.3 is 0 Å². The van der Waals surface area contributed by atoms with Crippen molar-refractivity contribution in [2.75, 3.05) is 13.7 Å². The van der Waals surface area contributed by atoms with Gasteiger partial charge in [-0.25, -0.2) is 0 Å². The fraction of sp³-hybridized carbons (Fsp3) is 0.531. The van der Waals surface area contributed by atoms with Crippen molar-refractivity contribution in [2.24, 2.45) is 23.7 Å². The molecule has 2 unspecified atom stereocenters. The van der Waals surface area contributed by atoms with Crippen LogP contribution in [0.5, 0.6) is 11.5 Å². The molecule has 10 heteroatoms. The van der Waals surface area contributed by atoms with E-state index in [9.17, 15) is 25.2 Å². The Balaban J connectivity index is 1.17. The van der Waals surface area contributed by atoms with Gasteiger partial charge in [0.1, 0.15) is 48.3 Å². The van der Waals surface area contributed by atoms with Gasteiger partial charge in [0.25, 0.3) is 0 Å². The van der Waals surface area contributed by atoms with E-state index in [0.29, 0.717) is 28.9 Å². The van der Waals surface area contributed by atoms with Gasteiger partial charge in [0.2, 0.25) is 6.29 Å². The molecule has 226 valence electrons. The molecule has 9 nitrogen and oxygen atoms in total. The number of rotatable bonds is 9. The van der Waals surface area contributed by atoms with Crippen LogP contribution in [0.3, 0.4) is 0 Å². The summed E-state index contributed by atoms with van der Waals surface area (Å²) in [5.74, 6) is 4.58. The number of aliphatic hydroxyl groups excluding tert-OH is 4. The van der Waals surface area contributed by atoms with E-state index in [1.807, 2.05) is 24.3 Å². The second-order valence-electron chi connectivity index (χ2n) is 12.0. The molecule has 0 radical (unpaired) electrons. The van der Waals surface area contributed by atoms with Crippen molar-refractivity contribution in [2.45, 2.75) is 69.4 Å². The van der Waals surface area contributed by atoms with Gasteiger partial charge in [-0.1, -0.05) is 12.1 Å². The molecule has 42 heavy (non-hydrogen) atoms. The summed E-state index contributed by atoms with van der Waals surface area (Å²) in [6.45, 7) is -0.260. The lowest BCUT2D eigenvalue weighted by molar-refractivity contribution is -0.277. The Morgan fingerprint density at radius 2 is 1.64 bits per heavy atom. The Kier molecular flexibility index (Phi) is 8.82. The molecule has 2 aromatic rings. The molecule has 4 bridgehead atoms. The number of aldehydes is 1. The number of carbonyl (C=O) groups excluding carboxylic acids is 1. The Labute approximate surface area is 258 Å². The van der Waals surface area contributed by atoms with Gasteiger partial charge < -0.3 is 39.4 Å². The minimum atomic E-state index is -1.51. The zero-order chi connectivity index (χ0) is 29.5. The minimum absolute atomic E-state index is 0.268. The van der Waals surface area contributed by atoms with Crippen molar-refractivity contribution in [3.8, 4) is 11.5 Å². The van der Waals surface area contributed by atoms with Gasteiger partial charge in [0.15, 0.2) is 6.29 Å². The number of methoxy groups -OCH3 is 1. The highest BCUT2D eigenvalue weighted by Crippen LogP contribution is 2.58. The monoisotopic (exact) mass is 692 g/mol. The topological polar surface area (TPSA) is 135 Å². The molecular weight excluding hydrogens is 655 g/mol. The first-order chi connectivity index (χ1) is 20.3. The van der Waals surface area contributed by atoms with Crippen molar-refractivity contribution in [3.05, 3.63) is 62.2 Å². The Morgan fingerprint density at radius 3 is 2.24 bits per heavy atom.